The number of nitrogens with one attached hydrogen (secondary N) is 1. The van der Waals surface area contributed by atoms with Crippen molar-refractivity contribution >= 4 is 16.6 Å². The van der Waals surface area contributed by atoms with E-state index in [0.717, 1.165) is 38.2 Å². The second-order valence-electron chi connectivity index (χ2n) is 3.64. The van der Waals surface area contributed by atoms with Crippen LogP contribution in [0.15, 0.2) is 0 Å². The largest absolute Gasteiger partial charge is 0.361 e. The lowest BCUT2D eigenvalue weighted by atomic mass is 10.3. The lowest BCUT2D eigenvalue weighted by Crippen LogP contribution is -2.28. The van der Waals surface area contributed by atoms with Crippen LogP contribution in [0.1, 0.15) is 26.2 Å². The molecule has 0 aromatic heterocycles. The summed E-state index contributed by atoms with van der Waals surface area (Å²) < 4.78 is 11.1. The topological polar surface area (TPSA) is 44.2 Å². The van der Waals surface area contributed by atoms with Crippen molar-refractivity contribution in [1.82, 2.24) is 4.90 Å². The third-order valence-electron chi connectivity index (χ3n) is 2.60. The van der Waals surface area contributed by atoms with Crippen LogP contribution in [0.25, 0.3) is 0 Å². The van der Waals surface area contributed by atoms with E-state index in [2.05, 4.69) is 4.90 Å². The summed E-state index contributed by atoms with van der Waals surface area (Å²) in [6.07, 6.45) is 4.72. The zero-order chi connectivity index (χ0) is 9.84. The molecule has 3 nitrogen and oxygen atoms in total. The molecule has 2 unspecified atom stereocenters. The van der Waals surface area contributed by atoms with Crippen LogP contribution in [-0.2, 0) is 10.8 Å². The molecule has 76 valence electrons. The van der Waals surface area contributed by atoms with Crippen LogP contribution in [0.2, 0.25) is 0 Å². The van der Waals surface area contributed by atoms with Gasteiger partial charge in [-0.25, -0.2) is 0 Å². The molecule has 13 heavy (non-hydrogen) atoms. The fourth-order valence-electron chi connectivity index (χ4n) is 1.48. The molecule has 1 saturated heterocycles. The van der Waals surface area contributed by atoms with Gasteiger partial charge in [0.25, 0.3) is 0 Å². The maximum Gasteiger partial charge on any atom is 0.0958 e. The average molecular weight is 202 g/mol. The summed E-state index contributed by atoms with van der Waals surface area (Å²) in [6.45, 7) is 3.93. The van der Waals surface area contributed by atoms with Gasteiger partial charge in [-0.1, -0.05) is 6.92 Å². The van der Waals surface area contributed by atoms with Gasteiger partial charge >= 0.3 is 0 Å². The molecule has 0 bridgehead atoms. The van der Waals surface area contributed by atoms with Gasteiger partial charge in [0.2, 0.25) is 0 Å². The van der Waals surface area contributed by atoms with E-state index in [4.69, 9.17) is 5.41 Å². The molecule has 1 fully saturated rings. The van der Waals surface area contributed by atoms with Gasteiger partial charge in [0.1, 0.15) is 0 Å². The van der Waals surface area contributed by atoms with Crippen LogP contribution < -0.4 is 0 Å². The van der Waals surface area contributed by atoms with Crippen molar-refractivity contribution < 1.29 is 4.21 Å². The van der Waals surface area contributed by atoms with Gasteiger partial charge in [0, 0.05) is 41.8 Å². The monoisotopic (exact) mass is 202 g/mol. The molecule has 0 radical (unpaired) electrons. The van der Waals surface area contributed by atoms with E-state index in [1.807, 2.05) is 6.92 Å². The normalized spacial score (nSPS) is 22.0. The Balaban J connectivity index is 2.25. The molecule has 1 heterocycles. The van der Waals surface area contributed by atoms with Crippen molar-refractivity contribution in [2.24, 2.45) is 0 Å². The zero-order valence-corrected chi connectivity index (χ0v) is 9.19. The highest BCUT2D eigenvalue weighted by Gasteiger charge is 2.17. The van der Waals surface area contributed by atoms with Crippen LogP contribution in [0.4, 0.5) is 0 Å². The molecule has 0 aromatic rings. The minimum Gasteiger partial charge on any atom is -0.361 e. The molecular weight excluding hydrogens is 184 g/mol. The summed E-state index contributed by atoms with van der Waals surface area (Å²) in [5, 5.41) is 7.87. The van der Waals surface area contributed by atoms with E-state index in [9.17, 15) is 4.21 Å². The molecule has 1 aliphatic heterocycles. The standard InChI is InChI=1S/C9H18N2OS/c1-8(13(2)12)5-7-11-6-3-4-9(11)10/h8,10H,3-7H2,1-2H3. The summed E-state index contributed by atoms with van der Waals surface area (Å²) in [5.74, 6) is 0.758. The van der Waals surface area contributed by atoms with Gasteiger partial charge in [-0.2, -0.15) is 0 Å². The predicted molar refractivity (Wildman–Crippen MR) is 56.7 cm³/mol. The number of hydrogen-bond acceptors (Lipinski definition) is 2. The maximum absolute atomic E-state index is 11.1. The van der Waals surface area contributed by atoms with Gasteiger partial charge in [-0.05, 0) is 12.8 Å². The molecular formula is C9H18N2OS. The average Bonchev–Trinajstić information content (AvgIpc) is 2.47. The van der Waals surface area contributed by atoms with Gasteiger partial charge < -0.3 is 4.90 Å². The Morgan fingerprint density at radius 2 is 2.38 bits per heavy atom. The third kappa shape index (κ3) is 3.10. The highest BCUT2D eigenvalue weighted by atomic mass is 32.2. The second-order valence-corrected chi connectivity index (χ2v) is 5.44. The molecule has 0 aromatic carbocycles. The molecule has 1 N–H and O–H groups in total. The first-order valence-corrected chi connectivity index (χ1v) is 6.38. The highest BCUT2D eigenvalue weighted by Crippen LogP contribution is 2.11. The number of hydrogen-bond donors (Lipinski definition) is 1. The summed E-state index contributed by atoms with van der Waals surface area (Å²) in [4.78, 5) is 2.10. The Bertz CT molecular complexity index is 218. The van der Waals surface area contributed by atoms with Gasteiger partial charge in [-0.3, -0.25) is 9.62 Å². The number of amidine groups is 1. The molecule has 0 saturated carbocycles. The molecule has 0 amide bonds. The summed E-state index contributed by atoms with van der Waals surface area (Å²) in [5.41, 5.74) is 0. The number of likely N-dealkylation sites (tertiary alicyclic amines) is 1. The number of nitrogens with zero attached hydrogens (tertiary/aromatic N) is 1. The fraction of sp³-hybridized carbons (Fsp3) is 0.889. The summed E-state index contributed by atoms with van der Waals surface area (Å²) in [6, 6.07) is 0. The quantitative estimate of drug-likeness (QED) is 0.745. The maximum atomic E-state index is 11.1. The highest BCUT2D eigenvalue weighted by molar-refractivity contribution is 7.84. The minimum absolute atomic E-state index is 0.258. The van der Waals surface area contributed by atoms with Crippen molar-refractivity contribution in [3.8, 4) is 0 Å². The Morgan fingerprint density at radius 3 is 2.85 bits per heavy atom. The minimum atomic E-state index is -0.719. The van der Waals surface area contributed by atoms with Crippen LogP contribution in [0.5, 0.6) is 0 Å². The smallest absolute Gasteiger partial charge is 0.0958 e. The Morgan fingerprint density at radius 1 is 1.69 bits per heavy atom. The first kappa shape index (κ1) is 10.7. The molecule has 1 rings (SSSR count). The molecule has 0 spiro atoms. The SMILES string of the molecule is CC(CCN1CCCC1=N)S(C)=O. The summed E-state index contributed by atoms with van der Waals surface area (Å²) in [7, 11) is -0.719. The fourth-order valence-corrected chi connectivity index (χ4v) is 1.92. The van der Waals surface area contributed by atoms with Crippen molar-refractivity contribution in [2.75, 3.05) is 19.3 Å². The second kappa shape index (κ2) is 4.74. The Hall–Kier alpha value is -0.380. The van der Waals surface area contributed by atoms with E-state index in [0.29, 0.717) is 0 Å². The van der Waals surface area contributed by atoms with Crippen molar-refractivity contribution in [2.45, 2.75) is 31.4 Å². The summed E-state index contributed by atoms with van der Waals surface area (Å²) >= 11 is 0. The predicted octanol–water partition coefficient (Wildman–Crippen LogP) is 1.22. The van der Waals surface area contributed by atoms with Crippen LogP contribution in [0, 0.1) is 5.41 Å². The van der Waals surface area contributed by atoms with Gasteiger partial charge in [0.15, 0.2) is 0 Å². The van der Waals surface area contributed by atoms with E-state index >= 15 is 0 Å². The molecule has 2 atom stereocenters. The molecule has 0 aliphatic carbocycles. The Kier molecular flexibility index (Phi) is 3.90. The van der Waals surface area contributed by atoms with E-state index in [-0.39, 0.29) is 5.25 Å². The lowest BCUT2D eigenvalue weighted by molar-refractivity contribution is 0.439. The molecule has 4 heteroatoms. The van der Waals surface area contributed by atoms with Crippen molar-refractivity contribution in [3.63, 3.8) is 0 Å². The van der Waals surface area contributed by atoms with E-state index in [1.54, 1.807) is 6.26 Å². The lowest BCUT2D eigenvalue weighted by Gasteiger charge is -2.19. The van der Waals surface area contributed by atoms with E-state index < -0.39 is 10.8 Å². The van der Waals surface area contributed by atoms with E-state index in [1.165, 1.54) is 0 Å². The van der Waals surface area contributed by atoms with Gasteiger partial charge in [-0.15, -0.1) is 0 Å². The van der Waals surface area contributed by atoms with Crippen LogP contribution in [-0.4, -0.2) is 39.5 Å². The van der Waals surface area contributed by atoms with Crippen molar-refractivity contribution in [3.05, 3.63) is 0 Å². The van der Waals surface area contributed by atoms with Crippen molar-refractivity contribution in [1.29, 1.82) is 5.41 Å². The molecule has 1 aliphatic rings. The number of rotatable bonds is 4. The first-order valence-electron chi connectivity index (χ1n) is 4.76. The zero-order valence-electron chi connectivity index (χ0n) is 8.38. The Labute approximate surface area is 82.5 Å². The van der Waals surface area contributed by atoms with Crippen LogP contribution in [0.3, 0.4) is 0 Å². The van der Waals surface area contributed by atoms with Gasteiger partial charge in [0.05, 0.1) is 5.84 Å². The van der Waals surface area contributed by atoms with Crippen LogP contribution >= 0.6 is 0 Å². The third-order valence-corrected chi connectivity index (χ3v) is 3.96. The first-order chi connectivity index (χ1) is 6.11.